The summed E-state index contributed by atoms with van der Waals surface area (Å²) in [7, 11) is 2.88. The molecule has 1 amide bonds. The van der Waals surface area contributed by atoms with E-state index < -0.39 is 24.1 Å². The van der Waals surface area contributed by atoms with E-state index in [0.717, 1.165) is 16.5 Å². The van der Waals surface area contributed by atoms with E-state index in [2.05, 4.69) is 31.1 Å². The molecular formula is C28H29BrF3N3O5. The van der Waals surface area contributed by atoms with Gasteiger partial charge in [-0.1, -0.05) is 34.1 Å². The molecule has 0 saturated heterocycles. The van der Waals surface area contributed by atoms with Crippen LogP contribution in [0.25, 0.3) is 10.9 Å². The highest BCUT2D eigenvalue weighted by Gasteiger charge is 2.45. The maximum atomic E-state index is 13.3. The van der Waals surface area contributed by atoms with Crippen LogP contribution >= 0.6 is 15.9 Å². The second-order valence-electron chi connectivity index (χ2n) is 9.56. The number of nitrogens with one attached hydrogen (secondary N) is 1. The fraction of sp³-hybridized carbons (Fsp3) is 0.393. The first kappa shape index (κ1) is 29.4. The number of carbonyl (C=O) groups excluding carboxylic acids is 2. The molecule has 8 nitrogen and oxygen atoms in total. The van der Waals surface area contributed by atoms with Crippen LogP contribution in [0.2, 0.25) is 0 Å². The van der Waals surface area contributed by atoms with E-state index >= 15 is 0 Å². The number of methoxy groups -OCH3 is 2. The Morgan fingerprint density at radius 2 is 1.70 bits per heavy atom. The highest BCUT2D eigenvalue weighted by Crippen LogP contribution is 2.35. The Kier molecular flexibility index (Phi) is 9.07. The first-order valence-corrected chi connectivity index (χ1v) is 13.4. The fourth-order valence-corrected chi connectivity index (χ4v) is 5.29. The van der Waals surface area contributed by atoms with Crippen LogP contribution in [0.1, 0.15) is 36.8 Å². The van der Waals surface area contributed by atoms with Crippen molar-refractivity contribution >= 4 is 44.5 Å². The minimum absolute atomic E-state index is 0.0143. The maximum absolute atomic E-state index is 13.3. The van der Waals surface area contributed by atoms with Crippen LogP contribution in [0.3, 0.4) is 0 Å². The van der Waals surface area contributed by atoms with Gasteiger partial charge in [-0.25, -0.2) is 9.78 Å². The normalized spacial score (nSPS) is 17.3. The van der Waals surface area contributed by atoms with Crippen molar-refractivity contribution in [1.29, 1.82) is 0 Å². The summed E-state index contributed by atoms with van der Waals surface area (Å²) in [4.78, 5) is 34.4. The van der Waals surface area contributed by atoms with Gasteiger partial charge in [0, 0.05) is 15.9 Å². The van der Waals surface area contributed by atoms with Gasteiger partial charge in [0.25, 0.3) is 5.91 Å². The molecule has 0 spiro atoms. The molecule has 214 valence electrons. The summed E-state index contributed by atoms with van der Waals surface area (Å²) in [5.41, 5.74) is 2.36. The largest absolute Gasteiger partial charge is 0.493 e. The van der Waals surface area contributed by atoms with Crippen molar-refractivity contribution in [2.24, 2.45) is 0 Å². The number of hydroxylamine groups is 2. The van der Waals surface area contributed by atoms with Gasteiger partial charge < -0.3 is 19.6 Å². The molecule has 1 aliphatic rings. The fourth-order valence-electron chi connectivity index (χ4n) is 4.83. The molecule has 1 heterocycles. The molecule has 0 atom stereocenters. The predicted octanol–water partition coefficient (Wildman–Crippen LogP) is 6.14. The third-order valence-corrected chi connectivity index (χ3v) is 7.59. The molecule has 0 aliphatic heterocycles. The molecule has 3 aromatic rings. The average molecular weight is 624 g/mol. The zero-order valence-electron chi connectivity index (χ0n) is 22.2. The number of hydrogen-bond acceptors (Lipinski definition) is 7. The lowest BCUT2D eigenvalue weighted by Crippen LogP contribution is -2.47. The number of fused-ring (bicyclic) bond motifs is 1. The first-order chi connectivity index (χ1) is 19.0. The number of ether oxygens (including phenoxy) is 2. The van der Waals surface area contributed by atoms with Crippen molar-refractivity contribution in [3.8, 4) is 11.5 Å². The Hall–Kier alpha value is -3.54. The van der Waals surface area contributed by atoms with Crippen molar-refractivity contribution in [2.75, 3.05) is 19.5 Å². The molecule has 1 fully saturated rings. The van der Waals surface area contributed by atoms with Gasteiger partial charge in [0.05, 0.1) is 32.2 Å². The summed E-state index contributed by atoms with van der Waals surface area (Å²) < 4.78 is 50.3. The summed E-state index contributed by atoms with van der Waals surface area (Å²) in [5.74, 6) is -1.77. The third-order valence-electron chi connectivity index (χ3n) is 6.86. The summed E-state index contributed by atoms with van der Waals surface area (Å²) in [6.45, 7) is 2.00. The summed E-state index contributed by atoms with van der Waals surface area (Å²) in [6.07, 6.45) is -3.86. The van der Waals surface area contributed by atoms with Gasteiger partial charge in [0.2, 0.25) is 0 Å². The number of aryl methyl sites for hydroxylation is 1. The van der Waals surface area contributed by atoms with Crippen molar-refractivity contribution in [3.63, 3.8) is 0 Å². The van der Waals surface area contributed by atoms with Gasteiger partial charge >= 0.3 is 12.1 Å². The lowest BCUT2D eigenvalue weighted by atomic mass is 9.90. The molecule has 12 heteroatoms. The standard InChI is InChI=1S/C28H29BrF3N3O5/c1-16-12-25(34-22-7-5-4-6-20(16)22)33-18-8-10-19(11-9-18)35(40-27(37)28(30,31)32)26(36)14-17-13-23(38-2)24(39-3)15-21(17)29/h4-7,12-13,15,18-19H,8-11,14H2,1-3H3,(H,33,34). The summed E-state index contributed by atoms with van der Waals surface area (Å²) in [6, 6.07) is 12.2. The summed E-state index contributed by atoms with van der Waals surface area (Å²) in [5, 5.41) is 5.05. The molecular weight excluding hydrogens is 595 g/mol. The van der Waals surface area contributed by atoms with E-state index in [1.54, 1.807) is 12.1 Å². The molecule has 4 rings (SSSR count). The van der Waals surface area contributed by atoms with E-state index in [1.807, 2.05) is 37.3 Å². The molecule has 40 heavy (non-hydrogen) atoms. The van der Waals surface area contributed by atoms with E-state index in [9.17, 15) is 22.8 Å². The Labute approximate surface area is 237 Å². The quantitative estimate of drug-likeness (QED) is 0.316. The zero-order valence-corrected chi connectivity index (χ0v) is 23.8. The van der Waals surface area contributed by atoms with Crippen LogP contribution in [-0.4, -0.2) is 54.4 Å². The molecule has 1 aromatic heterocycles. The van der Waals surface area contributed by atoms with E-state index in [4.69, 9.17) is 9.47 Å². The molecule has 0 radical (unpaired) electrons. The Balaban J connectivity index is 1.48. The number of para-hydroxylation sites is 1. The number of pyridine rings is 1. The molecule has 2 aromatic carbocycles. The molecule has 1 aliphatic carbocycles. The van der Waals surface area contributed by atoms with Crippen LogP contribution in [-0.2, 0) is 20.8 Å². The van der Waals surface area contributed by atoms with Gasteiger partial charge in [-0.15, -0.1) is 0 Å². The number of carbonyl (C=O) groups is 2. The summed E-state index contributed by atoms with van der Waals surface area (Å²) >= 11 is 3.36. The van der Waals surface area contributed by atoms with E-state index in [1.165, 1.54) is 14.2 Å². The Morgan fingerprint density at radius 1 is 1.05 bits per heavy atom. The Morgan fingerprint density at radius 3 is 2.35 bits per heavy atom. The van der Waals surface area contributed by atoms with Gasteiger partial charge in [-0.05, 0) is 68.0 Å². The van der Waals surface area contributed by atoms with Crippen molar-refractivity contribution < 1.29 is 37.1 Å². The second-order valence-corrected chi connectivity index (χ2v) is 10.4. The van der Waals surface area contributed by atoms with Gasteiger partial charge in [-0.3, -0.25) is 4.79 Å². The lowest BCUT2D eigenvalue weighted by Gasteiger charge is -2.35. The molecule has 1 N–H and O–H groups in total. The number of amides is 1. The number of rotatable bonds is 7. The number of nitrogens with zero attached hydrogens (tertiary/aromatic N) is 2. The number of aromatic nitrogens is 1. The molecule has 0 bridgehead atoms. The first-order valence-electron chi connectivity index (χ1n) is 12.6. The van der Waals surface area contributed by atoms with Gasteiger partial charge in [0.15, 0.2) is 11.5 Å². The highest BCUT2D eigenvalue weighted by atomic mass is 79.9. The number of halogens is 4. The molecule has 0 unspecified atom stereocenters. The highest BCUT2D eigenvalue weighted by molar-refractivity contribution is 9.10. The van der Waals surface area contributed by atoms with Crippen LogP contribution in [0.5, 0.6) is 11.5 Å². The topological polar surface area (TPSA) is 90.0 Å². The van der Waals surface area contributed by atoms with E-state index in [-0.39, 0.29) is 12.5 Å². The number of benzene rings is 2. The van der Waals surface area contributed by atoms with Crippen LogP contribution < -0.4 is 14.8 Å². The number of hydrogen-bond donors (Lipinski definition) is 1. The van der Waals surface area contributed by atoms with Crippen LogP contribution in [0.15, 0.2) is 46.9 Å². The van der Waals surface area contributed by atoms with Crippen molar-refractivity contribution in [1.82, 2.24) is 10.0 Å². The van der Waals surface area contributed by atoms with Crippen molar-refractivity contribution in [2.45, 2.75) is 57.3 Å². The monoisotopic (exact) mass is 623 g/mol. The van der Waals surface area contributed by atoms with E-state index in [0.29, 0.717) is 58.1 Å². The lowest BCUT2D eigenvalue weighted by molar-refractivity contribution is -0.245. The maximum Gasteiger partial charge on any atom is 0.493 e. The smallest absolute Gasteiger partial charge is 0.493 e. The second kappa shape index (κ2) is 12.3. The van der Waals surface area contributed by atoms with Crippen LogP contribution in [0, 0.1) is 6.92 Å². The SMILES string of the molecule is COc1cc(Br)c(CC(=O)N(OC(=O)C(F)(F)F)C2CCC(Nc3cc(C)c4ccccc4n3)CC2)cc1OC. The Bertz CT molecular complexity index is 1390. The number of anilines is 1. The zero-order chi connectivity index (χ0) is 29.0. The minimum Gasteiger partial charge on any atom is -0.493 e. The van der Waals surface area contributed by atoms with Gasteiger partial charge in [0.1, 0.15) is 5.82 Å². The minimum atomic E-state index is -5.25. The number of alkyl halides is 3. The van der Waals surface area contributed by atoms with Crippen molar-refractivity contribution in [3.05, 3.63) is 58.1 Å². The third kappa shape index (κ3) is 6.78. The van der Waals surface area contributed by atoms with Crippen LogP contribution in [0.4, 0.5) is 19.0 Å². The molecule has 1 saturated carbocycles. The van der Waals surface area contributed by atoms with Gasteiger partial charge in [-0.2, -0.15) is 18.2 Å². The average Bonchev–Trinajstić information content (AvgIpc) is 2.92. The predicted molar refractivity (Wildman–Crippen MR) is 146 cm³/mol.